The lowest BCUT2D eigenvalue weighted by molar-refractivity contribution is -0.135. The van der Waals surface area contributed by atoms with Crippen molar-refractivity contribution in [2.45, 2.75) is 37.3 Å². The molecule has 19 heavy (non-hydrogen) atoms. The molecular formula is C14H25N3O2. The second-order valence-electron chi connectivity index (χ2n) is 6.12. The van der Waals surface area contributed by atoms with Gasteiger partial charge in [0.25, 0.3) is 0 Å². The van der Waals surface area contributed by atoms with E-state index in [1.807, 2.05) is 0 Å². The van der Waals surface area contributed by atoms with Crippen molar-refractivity contribution in [3.63, 3.8) is 0 Å². The van der Waals surface area contributed by atoms with E-state index in [4.69, 9.17) is 4.74 Å². The number of amides is 1. The Labute approximate surface area is 115 Å². The topological polar surface area (TPSA) is 44.8 Å². The number of piperidine rings is 1. The number of nitrogens with zero attached hydrogens (tertiary/aromatic N) is 2. The van der Waals surface area contributed by atoms with Gasteiger partial charge in [-0.1, -0.05) is 0 Å². The maximum absolute atomic E-state index is 12.4. The van der Waals surface area contributed by atoms with Crippen molar-refractivity contribution in [2.75, 3.05) is 46.4 Å². The number of likely N-dealkylation sites (tertiary alicyclic amines) is 1. The van der Waals surface area contributed by atoms with Gasteiger partial charge in [-0.3, -0.25) is 14.6 Å². The van der Waals surface area contributed by atoms with Crippen LogP contribution < -0.4 is 5.32 Å². The Morgan fingerprint density at radius 1 is 1.32 bits per heavy atom. The van der Waals surface area contributed by atoms with Gasteiger partial charge in [-0.25, -0.2) is 0 Å². The van der Waals surface area contributed by atoms with Gasteiger partial charge < -0.3 is 10.1 Å². The third-order valence-corrected chi connectivity index (χ3v) is 5.16. The molecule has 1 N–H and O–H groups in total. The minimum atomic E-state index is -0.257. The molecule has 3 heterocycles. The van der Waals surface area contributed by atoms with Crippen LogP contribution in [-0.2, 0) is 9.53 Å². The lowest BCUT2D eigenvalue weighted by Crippen LogP contribution is -2.61. The molecule has 1 unspecified atom stereocenters. The Morgan fingerprint density at radius 2 is 2.11 bits per heavy atom. The zero-order valence-corrected chi connectivity index (χ0v) is 11.9. The Kier molecular flexibility index (Phi) is 3.78. The number of rotatable bonds is 1. The zero-order chi connectivity index (χ0) is 13.3. The predicted molar refractivity (Wildman–Crippen MR) is 73.0 cm³/mol. The van der Waals surface area contributed by atoms with E-state index in [-0.39, 0.29) is 11.4 Å². The molecule has 1 spiro atoms. The summed E-state index contributed by atoms with van der Waals surface area (Å²) in [4.78, 5) is 17.2. The Balaban J connectivity index is 1.67. The number of nitrogens with one attached hydrogen (secondary N) is 1. The van der Waals surface area contributed by atoms with Crippen LogP contribution in [0.25, 0.3) is 0 Å². The monoisotopic (exact) mass is 267 g/mol. The van der Waals surface area contributed by atoms with Crippen molar-refractivity contribution < 1.29 is 9.53 Å². The molecule has 0 radical (unpaired) electrons. The maximum Gasteiger partial charge on any atom is 0.240 e. The number of hydrogen-bond acceptors (Lipinski definition) is 4. The van der Waals surface area contributed by atoms with Crippen molar-refractivity contribution in [3.8, 4) is 0 Å². The van der Waals surface area contributed by atoms with Crippen LogP contribution in [0.1, 0.15) is 25.7 Å². The first-order valence-corrected chi connectivity index (χ1v) is 7.54. The molecule has 5 nitrogen and oxygen atoms in total. The van der Waals surface area contributed by atoms with Gasteiger partial charge in [0, 0.05) is 38.8 Å². The molecule has 0 aliphatic carbocycles. The average Bonchev–Trinajstić information content (AvgIpc) is 2.93. The van der Waals surface area contributed by atoms with Gasteiger partial charge in [-0.15, -0.1) is 0 Å². The molecule has 0 aromatic heterocycles. The van der Waals surface area contributed by atoms with Crippen LogP contribution in [0.15, 0.2) is 0 Å². The molecule has 0 aromatic rings. The first-order chi connectivity index (χ1) is 9.22. The molecule has 5 heteroatoms. The lowest BCUT2D eigenvalue weighted by Gasteiger charge is -2.46. The molecule has 3 rings (SSSR count). The molecule has 0 bridgehead atoms. The fourth-order valence-electron chi connectivity index (χ4n) is 3.75. The third kappa shape index (κ3) is 2.39. The lowest BCUT2D eigenvalue weighted by atomic mass is 9.84. The van der Waals surface area contributed by atoms with Gasteiger partial charge in [-0.2, -0.15) is 0 Å². The highest BCUT2D eigenvalue weighted by molar-refractivity contribution is 5.86. The minimum absolute atomic E-state index is 0.245. The molecule has 1 amide bonds. The largest absolute Gasteiger partial charge is 0.380 e. The molecule has 3 fully saturated rings. The van der Waals surface area contributed by atoms with Crippen molar-refractivity contribution in [2.24, 2.45) is 0 Å². The summed E-state index contributed by atoms with van der Waals surface area (Å²) in [6.45, 7) is 5.65. The summed E-state index contributed by atoms with van der Waals surface area (Å²) in [5.41, 5.74) is -0.257. The summed E-state index contributed by atoms with van der Waals surface area (Å²) in [6, 6.07) is 0.580. The van der Waals surface area contributed by atoms with Crippen LogP contribution in [0.2, 0.25) is 0 Å². The molecule has 3 saturated heterocycles. The quantitative estimate of drug-likeness (QED) is 0.730. The van der Waals surface area contributed by atoms with Crippen molar-refractivity contribution >= 4 is 5.91 Å². The van der Waals surface area contributed by atoms with E-state index in [2.05, 4.69) is 22.2 Å². The summed E-state index contributed by atoms with van der Waals surface area (Å²) in [5.74, 6) is 0.245. The van der Waals surface area contributed by atoms with Gasteiger partial charge in [0.05, 0.1) is 6.61 Å². The smallest absolute Gasteiger partial charge is 0.240 e. The zero-order valence-electron chi connectivity index (χ0n) is 11.9. The van der Waals surface area contributed by atoms with E-state index < -0.39 is 0 Å². The number of carbonyl (C=O) groups excluding carboxylic acids is 1. The molecule has 3 aliphatic heterocycles. The minimum Gasteiger partial charge on any atom is -0.380 e. The normalized spacial score (nSPS) is 33.3. The summed E-state index contributed by atoms with van der Waals surface area (Å²) in [6.07, 6.45) is 4.11. The number of likely N-dealkylation sites (N-methyl/N-ethyl adjacent to an activating group) is 1. The van der Waals surface area contributed by atoms with Gasteiger partial charge in [-0.05, 0) is 32.7 Å². The van der Waals surface area contributed by atoms with Crippen molar-refractivity contribution in [3.05, 3.63) is 0 Å². The average molecular weight is 267 g/mol. The number of carbonyl (C=O) groups is 1. The van der Waals surface area contributed by atoms with Gasteiger partial charge in [0.15, 0.2) is 0 Å². The third-order valence-electron chi connectivity index (χ3n) is 5.16. The standard InChI is InChI=1S/C14H25N3O2/c1-16-7-2-6-15-13(18)14(16)4-8-17(9-5-14)12-3-10-19-11-12/h12H,2-11H2,1H3,(H,15,18). The fraction of sp³-hybridized carbons (Fsp3) is 0.929. The summed E-state index contributed by atoms with van der Waals surface area (Å²) in [7, 11) is 2.11. The molecule has 1 atom stereocenters. The van der Waals surface area contributed by atoms with Crippen molar-refractivity contribution in [1.29, 1.82) is 0 Å². The second-order valence-corrected chi connectivity index (χ2v) is 6.12. The van der Waals surface area contributed by atoms with Gasteiger partial charge >= 0.3 is 0 Å². The molecule has 108 valence electrons. The van der Waals surface area contributed by atoms with E-state index in [1.165, 1.54) is 0 Å². The molecule has 0 saturated carbocycles. The Bertz CT molecular complexity index is 334. The van der Waals surface area contributed by atoms with E-state index in [0.29, 0.717) is 6.04 Å². The van der Waals surface area contributed by atoms with Crippen LogP contribution in [-0.4, -0.2) is 73.7 Å². The fourth-order valence-corrected chi connectivity index (χ4v) is 3.75. The Morgan fingerprint density at radius 3 is 2.79 bits per heavy atom. The first kappa shape index (κ1) is 13.3. The van der Waals surface area contributed by atoms with Crippen LogP contribution in [0.4, 0.5) is 0 Å². The maximum atomic E-state index is 12.4. The van der Waals surface area contributed by atoms with Gasteiger partial charge in [0.1, 0.15) is 5.54 Å². The summed E-state index contributed by atoms with van der Waals surface area (Å²) < 4.78 is 5.48. The van der Waals surface area contributed by atoms with E-state index in [1.54, 1.807) is 0 Å². The molecule has 0 aromatic carbocycles. The highest BCUT2D eigenvalue weighted by atomic mass is 16.5. The van der Waals surface area contributed by atoms with Crippen LogP contribution in [0.5, 0.6) is 0 Å². The van der Waals surface area contributed by atoms with Crippen LogP contribution in [0, 0.1) is 0 Å². The summed E-state index contributed by atoms with van der Waals surface area (Å²) in [5, 5.41) is 3.10. The molecular weight excluding hydrogens is 242 g/mol. The number of ether oxygens (including phenoxy) is 1. The van der Waals surface area contributed by atoms with Crippen LogP contribution >= 0.6 is 0 Å². The highest BCUT2D eigenvalue weighted by Crippen LogP contribution is 2.31. The van der Waals surface area contributed by atoms with Gasteiger partial charge in [0.2, 0.25) is 5.91 Å². The number of hydrogen-bond donors (Lipinski definition) is 1. The van der Waals surface area contributed by atoms with Crippen LogP contribution in [0.3, 0.4) is 0 Å². The SMILES string of the molecule is CN1CCCNC(=O)C12CCN(C1CCOC1)CC2. The second kappa shape index (κ2) is 5.38. The Hall–Kier alpha value is -0.650. The predicted octanol–water partition coefficient (Wildman–Crippen LogP) is 0.0616. The summed E-state index contributed by atoms with van der Waals surface area (Å²) >= 11 is 0. The van der Waals surface area contributed by atoms with E-state index >= 15 is 0 Å². The molecule has 3 aliphatic rings. The van der Waals surface area contributed by atoms with E-state index in [9.17, 15) is 4.79 Å². The van der Waals surface area contributed by atoms with E-state index in [0.717, 1.165) is 65.1 Å². The highest BCUT2D eigenvalue weighted by Gasteiger charge is 2.46. The van der Waals surface area contributed by atoms with Crippen molar-refractivity contribution in [1.82, 2.24) is 15.1 Å². The first-order valence-electron chi connectivity index (χ1n) is 7.54.